The molecule has 0 fully saturated rings. The van der Waals surface area contributed by atoms with Crippen molar-refractivity contribution >= 4 is 24.4 Å². The highest BCUT2D eigenvalue weighted by atomic mass is 35.5. The highest BCUT2D eigenvalue weighted by molar-refractivity contribution is 5.93. The van der Waals surface area contributed by atoms with E-state index in [1.807, 2.05) is 0 Å². The Morgan fingerprint density at radius 2 is 2.10 bits per heavy atom. The maximum absolute atomic E-state index is 10.3. The third kappa shape index (κ3) is 3.13. The first-order valence-corrected chi connectivity index (χ1v) is 2.39. The third-order valence-corrected chi connectivity index (χ3v) is 0.903. The van der Waals surface area contributed by atoms with Gasteiger partial charge in [0.05, 0.1) is 0 Å². The Bertz CT molecular complexity index is 137. The van der Waals surface area contributed by atoms with Crippen LogP contribution in [0, 0.1) is 5.41 Å². The molecule has 6 heteroatoms. The molecule has 60 valence electrons. The van der Waals surface area contributed by atoms with Crippen LogP contribution in [0.25, 0.3) is 0 Å². The van der Waals surface area contributed by atoms with Crippen LogP contribution in [0.1, 0.15) is 0 Å². The fourth-order valence-corrected chi connectivity index (χ4v) is 0.278. The van der Waals surface area contributed by atoms with Crippen LogP contribution in [-0.4, -0.2) is 31.0 Å². The van der Waals surface area contributed by atoms with Crippen molar-refractivity contribution in [3.8, 4) is 0 Å². The van der Waals surface area contributed by atoms with Crippen molar-refractivity contribution in [3.63, 3.8) is 0 Å². The Hall–Kier alpha value is -0.970. The Labute approximate surface area is 65.5 Å². The summed E-state index contributed by atoms with van der Waals surface area (Å²) in [5.74, 6) is -0.0116. The van der Waals surface area contributed by atoms with Gasteiger partial charge in [-0.2, -0.15) is 0 Å². The Kier molecular flexibility index (Phi) is 5.73. The smallest absolute Gasteiger partial charge is 0.321 e. The molecule has 0 aromatic carbocycles. The summed E-state index contributed by atoms with van der Waals surface area (Å²) >= 11 is 0. The van der Waals surface area contributed by atoms with E-state index in [9.17, 15) is 4.79 Å². The number of rotatable bonds is 0. The maximum Gasteiger partial charge on any atom is 0.321 e. The molecule has 0 saturated carbocycles. The predicted molar refractivity (Wildman–Crippen MR) is 41.4 cm³/mol. The number of guanidine groups is 1. The SMILES string of the molecule is CNC(=N)N(C)C(N)=O.Cl. The van der Waals surface area contributed by atoms with Crippen LogP contribution < -0.4 is 11.1 Å². The van der Waals surface area contributed by atoms with Crippen LogP contribution in [0.5, 0.6) is 0 Å². The van der Waals surface area contributed by atoms with Gasteiger partial charge in [0.15, 0.2) is 5.96 Å². The van der Waals surface area contributed by atoms with Gasteiger partial charge >= 0.3 is 6.03 Å². The predicted octanol–water partition coefficient (Wildman–Crippen LogP) is -0.427. The lowest BCUT2D eigenvalue weighted by Crippen LogP contribution is -2.42. The van der Waals surface area contributed by atoms with E-state index in [4.69, 9.17) is 11.1 Å². The number of nitrogens with one attached hydrogen (secondary N) is 2. The molecule has 0 radical (unpaired) electrons. The summed E-state index contributed by atoms with van der Waals surface area (Å²) in [5, 5.41) is 9.44. The Morgan fingerprint density at radius 3 is 2.20 bits per heavy atom. The van der Waals surface area contributed by atoms with Gasteiger partial charge in [-0.05, 0) is 0 Å². The Balaban J connectivity index is 0. The molecule has 0 unspecified atom stereocenters. The molecule has 0 saturated heterocycles. The molecule has 2 amide bonds. The quantitative estimate of drug-likeness (QED) is 0.337. The van der Waals surface area contributed by atoms with Crippen molar-refractivity contribution in [1.29, 1.82) is 5.41 Å². The number of carbonyl (C=O) groups is 1. The number of halogens is 1. The second-order valence-corrected chi connectivity index (χ2v) is 1.50. The first kappa shape index (κ1) is 11.8. The number of hydrogen-bond donors (Lipinski definition) is 3. The van der Waals surface area contributed by atoms with E-state index in [2.05, 4.69) is 5.32 Å². The van der Waals surface area contributed by atoms with Gasteiger partial charge in [-0.3, -0.25) is 10.3 Å². The topological polar surface area (TPSA) is 82.2 Å². The molecule has 0 aliphatic heterocycles. The fourth-order valence-electron chi connectivity index (χ4n) is 0.278. The molecule has 0 aliphatic carbocycles. The van der Waals surface area contributed by atoms with Crippen LogP contribution in [0.15, 0.2) is 0 Å². The van der Waals surface area contributed by atoms with E-state index in [-0.39, 0.29) is 18.4 Å². The molecular weight excluding hydrogens is 156 g/mol. The summed E-state index contributed by atoms with van der Waals surface area (Å²) in [7, 11) is 2.96. The number of nitrogens with two attached hydrogens (primary N) is 1. The Morgan fingerprint density at radius 1 is 1.70 bits per heavy atom. The summed E-state index contributed by atoms with van der Waals surface area (Å²) in [6.07, 6.45) is 0. The van der Waals surface area contributed by atoms with E-state index in [1.165, 1.54) is 7.05 Å². The van der Waals surface area contributed by atoms with Gasteiger partial charge in [0.25, 0.3) is 0 Å². The minimum atomic E-state index is -0.644. The van der Waals surface area contributed by atoms with Crippen LogP contribution in [0.3, 0.4) is 0 Å². The number of primary amides is 1. The van der Waals surface area contributed by atoms with Crippen molar-refractivity contribution in [2.45, 2.75) is 0 Å². The van der Waals surface area contributed by atoms with E-state index in [0.717, 1.165) is 4.90 Å². The molecule has 0 aromatic rings. The van der Waals surface area contributed by atoms with Gasteiger partial charge in [-0.25, -0.2) is 4.79 Å². The average Bonchev–Trinajstić information content (AvgIpc) is 1.84. The molecule has 5 nitrogen and oxygen atoms in total. The second kappa shape index (κ2) is 4.87. The number of hydrogen-bond acceptors (Lipinski definition) is 2. The van der Waals surface area contributed by atoms with Gasteiger partial charge in [0.2, 0.25) is 0 Å². The summed E-state index contributed by atoms with van der Waals surface area (Å²) < 4.78 is 0. The first-order valence-electron chi connectivity index (χ1n) is 2.39. The lowest BCUT2D eigenvalue weighted by Gasteiger charge is -2.13. The third-order valence-electron chi connectivity index (χ3n) is 0.903. The molecule has 0 rings (SSSR count). The summed E-state index contributed by atoms with van der Waals surface area (Å²) in [4.78, 5) is 11.3. The molecule has 10 heavy (non-hydrogen) atoms. The molecule has 0 spiro atoms. The van der Waals surface area contributed by atoms with Gasteiger partial charge in [-0.1, -0.05) is 0 Å². The fraction of sp³-hybridized carbons (Fsp3) is 0.500. The van der Waals surface area contributed by atoms with Crippen molar-refractivity contribution in [2.75, 3.05) is 14.1 Å². The lowest BCUT2D eigenvalue weighted by molar-refractivity contribution is 0.234. The average molecular weight is 167 g/mol. The molecule has 0 atom stereocenters. The van der Waals surface area contributed by atoms with E-state index in [1.54, 1.807) is 7.05 Å². The minimum absolute atomic E-state index is 0. The monoisotopic (exact) mass is 166 g/mol. The second-order valence-electron chi connectivity index (χ2n) is 1.50. The van der Waals surface area contributed by atoms with Gasteiger partial charge in [0, 0.05) is 14.1 Å². The zero-order chi connectivity index (χ0) is 7.44. The standard InChI is InChI=1S/C4H10N4O.ClH/c1-7-3(5)8(2)4(6)9;/h1-2H3,(H2,5,7)(H2,6,9);1H. The van der Waals surface area contributed by atoms with Crippen LogP contribution in [-0.2, 0) is 0 Å². The molecule has 0 aliphatic rings. The highest BCUT2D eigenvalue weighted by Crippen LogP contribution is 1.77. The number of carbonyl (C=O) groups excluding carboxylic acids is 1. The summed E-state index contributed by atoms with van der Waals surface area (Å²) in [6, 6.07) is -0.644. The molecule has 4 N–H and O–H groups in total. The zero-order valence-electron chi connectivity index (χ0n) is 5.84. The van der Waals surface area contributed by atoms with E-state index in [0.29, 0.717) is 0 Å². The number of urea groups is 1. The number of amides is 2. The first-order chi connectivity index (χ1) is 4.09. The van der Waals surface area contributed by atoms with Crippen LogP contribution >= 0.6 is 12.4 Å². The highest BCUT2D eigenvalue weighted by Gasteiger charge is 2.05. The van der Waals surface area contributed by atoms with Gasteiger partial charge in [0.1, 0.15) is 0 Å². The van der Waals surface area contributed by atoms with E-state index >= 15 is 0 Å². The lowest BCUT2D eigenvalue weighted by atomic mass is 10.7. The molecule has 0 bridgehead atoms. The van der Waals surface area contributed by atoms with Gasteiger partial charge in [-0.15, -0.1) is 12.4 Å². The van der Waals surface area contributed by atoms with Crippen molar-refractivity contribution in [3.05, 3.63) is 0 Å². The van der Waals surface area contributed by atoms with Gasteiger partial charge < -0.3 is 11.1 Å². The summed E-state index contributed by atoms with van der Waals surface area (Å²) in [5.41, 5.74) is 4.82. The molecule has 0 aromatic heterocycles. The molecule has 0 heterocycles. The van der Waals surface area contributed by atoms with Crippen LogP contribution in [0.4, 0.5) is 4.79 Å². The van der Waals surface area contributed by atoms with Crippen molar-refractivity contribution in [1.82, 2.24) is 10.2 Å². The minimum Gasteiger partial charge on any atom is -0.359 e. The van der Waals surface area contributed by atoms with Crippen molar-refractivity contribution in [2.24, 2.45) is 5.73 Å². The summed E-state index contributed by atoms with van der Waals surface area (Å²) in [6.45, 7) is 0. The van der Waals surface area contributed by atoms with Crippen molar-refractivity contribution < 1.29 is 4.79 Å². The molecular formula is C4H11ClN4O. The van der Waals surface area contributed by atoms with E-state index < -0.39 is 6.03 Å². The largest absolute Gasteiger partial charge is 0.359 e. The normalized spacial score (nSPS) is 7.40. The van der Waals surface area contributed by atoms with Crippen LogP contribution in [0.2, 0.25) is 0 Å². The zero-order valence-corrected chi connectivity index (χ0v) is 6.66. The maximum atomic E-state index is 10.3. The number of nitrogens with zero attached hydrogens (tertiary/aromatic N) is 1.